The maximum absolute atomic E-state index is 12.3. The molecule has 0 aliphatic rings. The summed E-state index contributed by atoms with van der Waals surface area (Å²) in [6, 6.07) is 0. The molecule has 1 rings (SSSR count). The van der Waals surface area contributed by atoms with Gasteiger partial charge in [0.15, 0.2) is 0 Å². The van der Waals surface area contributed by atoms with Crippen LogP contribution in [0.4, 0.5) is 4.39 Å². The van der Waals surface area contributed by atoms with Crippen molar-refractivity contribution in [3.05, 3.63) is 39.2 Å². The Balaban J connectivity index is 3.43. The van der Waals surface area contributed by atoms with Gasteiger partial charge in [-0.2, -0.15) is 0 Å². The molecule has 1 aromatic heterocycles. The van der Waals surface area contributed by atoms with Crippen molar-refractivity contribution in [2.24, 2.45) is 0 Å². The monoisotopic (exact) mass is 156 g/mol. The fourth-order valence-corrected chi connectivity index (χ4v) is 0.611. The number of hydrogen-bond acceptors (Lipinski definition) is 2. The molecule has 1 heterocycles. The summed E-state index contributed by atoms with van der Waals surface area (Å²) in [6.45, 7) is 2.91. The predicted octanol–water partition coefficient (Wildman–Crippen LogP) is 0.00340. The van der Waals surface area contributed by atoms with E-state index in [2.05, 4.69) is 11.6 Å². The molecule has 0 saturated carbocycles. The first-order valence-electron chi connectivity index (χ1n) is 2.78. The molecule has 58 valence electrons. The molecule has 0 bridgehead atoms. The summed E-state index contributed by atoms with van der Waals surface area (Å²) in [5.41, 5.74) is -1.70. The summed E-state index contributed by atoms with van der Waals surface area (Å²) in [4.78, 5) is 25.1. The Bertz CT molecular complexity index is 390. The first kappa shape index (κ1) is 7.46. The van der Waals surface area contributed by atoms with Crippen molar-refractivity contribution in [2.45, 2.75) is 0 Å². The number of rotatable bonds is 1. The fourth-order valence-electron chi connectivity index (χ4n) is 0.611. The van der Waals surface area contributed by atoms with E-state index < -0.39 is 17.1 Å². The zero-order chi connectivity index (χ0) is 8.43. The summed E-state index contributed by atoms with van der Waals surface area (Å²) in [5, 5.41) is 0. The molecule has 0 saturated heterocycles. The molecule has 0 unspecified atom stereocenters. The standard InChI is InChI=1S/C6H5FN2O2/c1-3(7)4-2-8-6(11)9-5(4)10/h2H,1H2,(H2,8,9,10,11). The largest absolute Gasteiger partial charge is 0.325 e. The first-order valence-corrected chi connectivity index (χ1v) is 2.78. The lowest BCUT2D eigenvalue weighted by Gasteiger charge is -1.90. The highest BCUT2D eigenvalue weighted by atomic mass is 19.1. The van der Waals surface area contributed by atoms with Crippen molar-refractivity contribution in [1.82, 2.24) is 9.97 Å². The molecule has 0 fully saturated rings. The van der Waals surface area contributed by atoms with Crippen LogP contribution in [0.15, 0.2) is 22.4 Å². The highest BCUT2D eigenvalue weighted by Crippen LogP contribution is 2.03. The van der Waals surface area contributed by atoms with Crippen LogP contribution in [0.2, 0.25) is 0 Å². The second kappa shape index (κ2) is 2.53. The van der Waals surface area contributed by atoms with Crippen LogP contribution in [0.25, 0.3) is 5.83 Å². The van der Waals surface area contributed by atoms with Gasteiger partial charge in [0.05, 0.1) is 5.56 Å². The van der Waals surface area contributed by atoms with Gasteiger partial charge in [-0.15, -0.1) is 0 Å². The third-order valence-corrected chi connectivity index (χ3v) is 1.11. The summed E-state index contributed by atoms with van der Waals surface area (Å²) in [5.74, 6) is -0.873. The second-order valence-electron chi connectivity index (χ2n) is 1.89. The van der Waals surface area contributed by atoms with Gasteiger partial charge < -0.3 is 4.98 Å². The molecule has 0 aromatic carbocycles. The third kappa shape index (κ3) is 1.43. The van der Waals surface area contributed by atoms with Gasteiger partial charge in [-0.05, 0) is 0 Å². The average molecular weight is 156 g/mol. The number of aromatic amines is 2. The zero-order valence-corrected chi connectivity index (χ0v) is 5.48. The Morgan fingerprint density at radius 1 is 1.55 bits per heavy atom. The van der Waals surface area contributed by atoms with Crippen LogP contribution in [0.3, 0.4) is 0 Å². The summed E-state index contributed by atoms with van der Waals surface area (Å²) in [7, 11) is 0. The molecule has 0 aliphatic carbocycles. The van der Waals surface area contributed by atoms with Crippen LogP contribution in [0.5, 0.6) is 0 Å². The number of halogens is 1. The van der Waals surface area contributed by atoms with Gasteiger partial charge in [-0.25, -0.2) is 9.18 Å². The second-order valence-corrected chi connectivity index (χ2v) is 1.89. The van der Waals surface area contributed by atoms with Gasteiger partial charge in [0.1, 0.15) is 5.83 Å². The maximum atomic E-state index is 12.3. The molecule has 0 spiro atoms. The number of hydrogen-bond donors (Lipinski definition) is 2. The molecular weight excluding hydrogens is 151 g/mol. The van der Waals surface area contributed by atoms with E-state index in [0.717, 1.165) is 6.20 Å². The first-order chi connectivity index (χ1) is 5.11. The lowest BCUT2D eigenvalue weighted by atomic mass is 10.3. The van der Waals surface area contributed by atoms with Gasteiger partial charge >= 0.3 is 5.69 Å². The third-order valence-electron chi connectivity index (χ3n) is 1.11. The molecule has 0 amide bonds. The molecule has 1 aromatic rings. The lowest BCUT2D eigenvalue weighted by Crippen LogP contribution is -2.23. The highest BCUT2D eigenvalue weighted by molar-refractivity contribution is 5.53. The Morgan fingerprint density at radius 2 is 2.18 bits per heavy atom. The quantitative estimate of drug-likeness (QED) is 0.601. The SMILES string of the molecule is C=C(F)c1c[nH]c(=O)[nH]c1=O. The minimum Gasteiger partial charge on any atom is -0.313 e. The Labute approximate surface area is 60.4 Å². The summed E-state index contributed by atoms with van der Waals surface area (Å²) >= 11 is 0. The molecule has 0 atom stereocenters. The van der Waals surface area contributed by atoms with Crippen molar-refractivity contribution in [1.29, 1.82) is 0 Å². The van der Waals surface area contributed by atoms with Crippen molar-refractivity contribution < 1.29 is 4.39 Å². The van der Waals surface area contributed by atoms with E-state index in [1.54, 1.807) is 0 Å². The van der Waals surface area contributed by atoms with Crippen LogP contribution >= 0.6 is 0 Å². The van der Waals surface area contributed by atoms with Crippen LogP contribution in [0, 0.1) is 0 Å². The molecule has 0 aliphatic heterocycles. The van der Waals surface area contributed by atoms with Crippen molar-refractivity contribution in [3.63, 3.8) is 0 Å². The van der Waals surface area contributed by atoms with Gasteiger partial charge in [0, 0.05) is 6.20 Å². The highest BCUT2D eigenvalue weighted by Gasteiger charge is 2.01. The molecule has 5 heteroatoms. The van der Waals surface area contributed by atoms with E-state index in [4.69, 9.17) is 0 Å². The van der Waals surface area contributed by atoms with E-state index in [0.29, 0.717) is 0 Å². The number of H-pyrrole nitrogens is 2. The van der Waals surface area contributed by atoms with E-state index in [9.17, 15) is 14.0 Å². The molecule has 11 heavy (non-hydrogen) atoms. The number of nitrogens with one attached hydrogen (secondary N) is 2. The summed E-state index contributed by atoms with van der Waals surface area (Å²) < 4.78 is 12.3. The maximum Gasteiger partial charge on any atom is 0.325 e. The minimum atomic E-state index is -0.873. The smallest absolute Gasteiger partial charge is 0.313 e. The Morgan fingerprint density at radius 3 is 2.64 bits per heavy atom. The van der Waals surface area contributed by atoms with Gasteiger partial charge in [-0.3, -0.25) is 9.78 Å². The molecule has 4 nitrogen and oxygen atoms in total. The van der Waals surface area contributed by atoms with Crippen molar-refractivity contribution in [3.8, 4) is 0 Å². The van der Waals surface area contributed by atoms with Crippen LogP contribution in [-0.4, -0.2) is 9.97 Å². The average Bonchev–Trinajstić information content (AvgIpc) is 1.85. The van der Waals surface area contributed by atoms with E-state index in [-0.39, 0.29) is 5.56 Å². The van der Waals surface area contributed by atoms with Gasteiger partial charge in [0.2, 0.25) is 0 Å². The topological polar surface area (TPSA) is 65.7 Å². The fraction of sp³-hybridized carbons (Fsp3) is 0. The van der Waals surface area contributed by atoms with Gasteiger partial charge in [-0.1, -0.05) is 6.58 Å². The van der Waals surface area contributed by atoms with Crippen molar-refractivity contribution >= 4 is 5.83 Å². The number of aromatic nitrogens is 2. The molecule has 0 radical (unpaired) electrons. The zero-order valence-electron chi connectivity index (χ0n) is 5.48. The molecular formula is C6H5FN2O2. The van der Waals surface area contributed by atoms with Crippen LogP contribution in [0.1, 0.15) is 5.56 Å². The van der Waals surface area contributed by atoms with Crippen LogP contribution in [-0.2, 0) is 0 Å². The van der Waals surface area contributed by atoms with E-state index in [1.807, 2.05) is 4.98 Å². The van der Waals surface area contributed by atoms with Crippen LogP contribution < -0.4 is 11.2 Å². The Kier molecular flexibility index (Phi) is 1.72. The normalized spacial score (nSPS) is 9.55. The Hall–Kier alpha value is -1.65. The predicted molar refractivity (Wildman–Crippen MR) is 37.8 cm³/mol. The summed E-state index contributed by atoms with van der Waals surface area (Å²) in [6.07, 6.45) is 0.976. The van der Waals surface area contributed by atoms with E-state index >= 15 is 0 Å². The van der Waals surface area contributed by atoms with Crippen molar-refractivity contribution in [2.75, 3.05) is 0 Å². The minimum absolute atomic E-state index is 0.260. The molecule has 2 N–H and O–H groups in total. The lowest BCUT2D eigenvalue weighted by molar-refractivity contribution is 0.756. The van der Waals surface area contributed by atoms with Gasteiger partial charge in [0.25, 0.3) is 5.56 Å². The van der Waals surface area contributed by atoms with E-state index in [1.165, 1.54) is 0 Å².